The summed E-state index contributed by atoms with van der Waals surface area (Å²) in [6.07, 6.45) is 4.95. The highest BCUT2D eigenvalue weighted by Crippen LogP contribution is 2.30. The topological polar surface area (TPSA) is 67.2 Å². The van der Waals surface area contributed by atoms with Crippen molar-refractivity contribution >= 4 is 11.6 Å². The lowest BCUT2D eigenvalue weighted by Gasteiger charge is -2.18. The maximum Gasteiger partial charge on any atom is 0.268 e. The van der Waals surface area contributed by atoms with Crippen molar-refractivity contribution in [1.29, 1.82) is 0 Å². The molecule has 1 atom stereocenters. The van der Waals surface area contributed by atoms with E-state index < -0.39 is 0 Å². The van der Waals surface area contributed by atoms with Crippen LogP contribution < -0.4 is 15.8 Å². The zero-order chi connectivity index (χ0) is 18.8. The maximum atomic E-state index is 12.5. The predicted octanol–water partition coefficient (Wildman–Crippen LogP) is 2.10. The lowest BCUT2D eigenvalue weighted by Crippen LogP contribution is -2.33. The first kappa shape index (κ1) is 17.8. The van der Waals surface area contributed by atoms with Crippen LogP contribution in [0.1, 0.15) is 30.4 Å². The van der Waals surface area contributed by atoms with Crippen LogP contribution in [0.5, 0.6) is 0 Å². The van der Waals surface area contributed by atoms with Crippen molar-refractivity contribution in [3.63, 3.8) is 0 Å². The van der Waals surface area contributed by atoms with Crippen molar-refractivity contribution in [3.05, 3.63) is 58.0 Å². The Balaban J connectivity index is 1.33. The lowest BCUT2D eigenvalue weighted by molar-refractivity contribution is -0.124. The first-order valence-corrected chi connectivity index (χ1v) is 9.74. The first-order chi connectivity index (χ1) is 13.1. The molecule has 1 unspecified atom stereocenters. The molecule has 0 spiro atoms. The van der Waals surface area contributed by atoms with Crippen LogP contribution in [0.25, 0.3) is 0 Å². The summed E-state index contributed by atoms with van der Waals surface area (Å²) in [6, 6.07) is 9.82. The molecular weight excluding hydrogens is 340 g/mol. The van der Waals surface area contributed by atoms with E-state index in [-0.39, 0.29) is 17.4 Å². The lowest BCUT2D eigenvalue weighted by atomic mass is 10.1. The number of aryl methyl sites for hydroxylation is 1. The van der Waals surface area contributed by atoms with Gasteiger partial charge in [0.1, 0.15) is 0 Å². The van der Waals surface area contributed by atoms with Crippen molar-refractivity contribution in [1.82, 2.24) is 15.1 Å². The molecule has 1 aliphatic carbocycles. The van der Waals surface area contributed by atoms with Crippen LogP contribution in [0.2, 0.25) is 0 Å². The highest BCUT2D eigenvalue weighted by molar-refractivity contribution is 5.80. The van der Waals surface area contributed by atoms with Crippen molar-refractivity contribution in [2.45, 2.75) is 39.3 Å². The van der Waals surface area contributed by atoms with Crippen LogP contribution in [-0.2, 0) is 17.9 Å². The van der Waals surface area contributed by atoms with E-state index >= 15 is 0 Å². The Labute approximate surface area is 159 Å². The molecule has 1 amide bonds. The van der Waals surface area contributed by atoms with Crippen molar-refractivity contribution in [2.75, 3.05) is 18.0 Å². The van der Waals surface area contributed by atoms with Gasteiger partial charge in [-0.1, -0.05) is 29.8 Å². The molecule has 6 nitrogen and oxygen atoms in total. The van der Waals surface area contributed by atoms with Crippen LogP contribution in [-0.4, -0.2) is 28.8 Å². The van der Waals surface area contributed by atoms with Gasteiger partial charge in [-0.25, -0.2) is 4.68 Å². The standard InChI is InChI=1S/C21H26N4O2/c1-15-3-2-4-17(9-15)11-22-21(27)18-7-8-24(14-18)19-10-20(26)25(23-12-19)13-16-5-6-16/h2-4,9-10,12,16,18H,5-8,11,13-14H2,1H3,(H,22,27). The minimum absolute atomic E-state index is 0.0493. The van der Waals surface area contributed by atoms with Gasteiger partial charge in [0.2, 0.25) is 5.91 Å². The monoisotopic (exact) mass is 366 g/mol. The van der Waals surface area contributed by atoms with Gasteiger partial charge in [0.15, 0.2) is 0 Å². The number of hydrogen-bond acceptors (Lipinski definition) is 4. The second-order valence-corrected chi connectivity index (χ2v) is 7.82. The minimum Gasteiger partial charge on any atom is -0.369 e. The summed E-state index contributed by atoms with van der Waals surface area (Å²) in [7, 11) is 0. The van der Waals surface area contributed by atoms with E-state index in [9.17, 15) is 9.59 Å². The molecule has 6 heteroatoms. The Morgan fingerprint density at radius 3 is 2.85 bits per heavy atom. The molecular formula is C21H26N4O2. The van der Waals surface area contributed by atoms with Crippen LogP contribution in [0.3, 0.4) is 0 Å². The number of anilines is 1. The molecule has 1 saturated carbocycles. The van der Waals surface area contributed by atoms with Gasteiger partial charge in [-0.15, -0.1) is 0 Å². The Morgan fingerprint density at radius 1 is 1.26 bits per heavy atom. The van der Waals surface area contributed by atoms with E-state index in [1.807, 2.05) is 25.1 Å². The quantitative estimate of drug-likeness (QED) is 0.850. The highest BCUT2D eigenvalue weighted by Gasteiger charge is 2.29. The van der Waals surface area contributed by atoms with Gasteiger partial charge in [-0.2, -0.15) is 5.10 Å². The third-order valence-corrected chi connectivity index (χ3v) is 5.46. The van der Waals surface area contributed by atoms with E-state index in [4.69, 9.17) is 0 Å². The molecule has 1 aliphatic heterocycles. The van der Waals surface area contributed by atoms with Crippen LogP contribution in [0, 0.1) is 18.8 Å². The zero-order valence-electron chi connectivity index (χ0n) is 15.7. The van der Waals surface area contributed by atoms with E-state index in [0.29, 0.717) is 19.0 Å². The summed E-state index contributed by atoms with van der Waals surface area (Å²) in [5, 5.41) is 7.36. The van der Waals surface area contributed by atoms with E-state index in [2.05, 4.69) is 21.4 Å². The van der Waals surface area contributed by atoms with E-state index in [1.165, 1.54) is 18.4 Å². The third-order valence-electron chi connectivity index (χ3n) is 5.46. The largest absolute Gasteiger partial charge is 0.369 e. The van der Waals surface area contributed by atoms with E-state index in [1.54, 1.807) is 16.9 Å². The number of carbonyl (C=O) groups excluding carboxylic acids is 1. The molecule has 1 aromatic heterocycles. The second-order valence-electron chi connectivity index (χ2n) is 7.82. The fraction of sp³-hybridized carbons (Fsp3) is 0.476. The van der Waals surface area contributed by atoms with Crippen molar-refractivity contribution < 1.29 is 4.79 Å². The zero-order valence-corrected chi connectivity index (χ0v) is 15.7. The predicted molar refractivity (Wildman–Crippen MR) is 105 cm³/mol. The fourth-order valence-corrected chi connectivity index (χ4v) is 3.64. The van der Waals surface area contributed by atoms with Crippen molar-refractivity contribution in [2.24, 2.45) is 11.8 Å². The van der Waals surface area contributed by atoms with Gasteiger partial charge in [0.25, 0.3) is 5.56 Å². The molecule has 1 N–H and O–H groups in total. The fourth-order valence-electron chi connectivity index (χ4n) is 3.64. The molecule has 0 radical (unpaired) electrons. The van der Waals surface area contributed by atoms with Gasteiger partial charge in [0.05, 0.1) is 17.8 Å². The number of hydrogen-bond donors (Lipinski definition) is 1. The molecule has 0 bridgehead atoms. The number of rotatable bonds is 6. The van der Waals surface area contributed by atoms with E-state index in [0.717, 1.165) is 30.8 Å². The minimum atomic E-state index is -0.0521. The van der Waals surface area contributed by atoms with Crippen LogP contribution >= 0.6 is 0 Å². The van der Waals surface area contributed by atoms with Gasteiger partial charge in [0, 0.05) is 32.2 Å². The van der Waals surface area contributed by atoms with Gasteiger partial charge in [-0.3, -0.25) is 9.59 Å². The average molecular weight is 366 g/mol. The van der Waals surface area contributed by atoms with Crippen LogP contribution in [0.4, 0.5) is 5.69 Å². The molecule has 4 rings (SSSR count). The normalized spacial score (nSPS) is 19.3. The highest BCUT2D eigenvalue weighted by atomic mass is 16.2. The Hall–Kier alpha value is -2.63. The summed E-state index contributed by atoms with van der Waals surface area (Å²) < 4.78 is 1.56. The molecule has 1 aromatic carbocycles. The molecule has 2 aromatic rings. The first-order valence-electron chi connectivity index (χ1n) is 9.74. The third kappa shape index (κ3) is 4.38. The average Bonchev–Trinajstić information content (AvgIpc) is 3.33. The summed E-state index contributed by atoms with van der Waals surface area (Å²) in [5.74, 6) is 0.645. The Morgan fingerprint density at radius 2 is 2.11 bits per heavy atom. The molecule has 2 fully saturated rings. The number of aromatic nitrogens is 2. The molecule has 1 saturated heterocycles. The number of carbonyl (C=O) groups is 1. The van der Waals surface area contributed by atoms with Crippen molar-refractivity contribution in [3.8, 4) is 0 Å². The summed E-state index contributed by atoms with van der Waals surface area (Å²) >= 11 is 0. The molecule has 27 heavy (non-hydrogen) atoms. The smallest absolute Gasteiger partial charge is 0.268 e. The van der Waals surface area contributed by atoms with Gasteiger partial charge in [-0.05, 0) is 37.7 Å². The molecule has 142 valence electrons. The molecule has 2 heterocycles. The number of benzene rings is 1. The summed E-state index contributed by atoms with van der Waals surface area (Å²) in [6.45, 7) is 4.73. The Bertz CT molecular complexity index is 888. The second kappa shape index (κ2) is 7.55. The summed E-state index contributed by atoms with van der Waals surface area (Å²) in [5.41, 5.74) is 3.08. The maximum absolute atomic E-state index is 12.5. The Kier molecular flexibility index (Phi) is 4.97. The number of nitrogens with zero attached hydrogens (tertiary/aromatic N) is 3. The van der Waals surface area contributed by atoms with Gasteiger partial charge < -0.3 is 10.2 Å². The number of amides is 1. The van der Waals surface area contributed by atoms with Gasteiger partial charge >= 0.3 is 0 Å². The molecule has 2 aliphatic rings. The summed E-state index contributed by atoms with van der Waals surface area (Å²) in [4.78, 5) is 26.9. The number of nitrogens with one attached hydrogen (secondary N) is 1. The van der Waals surface area contributed by atoms with Crippen LogP contribution in [0.15, 0.2) is 41.3 Å². The SMILES string of the molecule is Cc1cccc(CNC(=O)C2CCN(c3cnn(CC4CC4)c(=O)c3)C2)c1.